The summed E-state index contributed by atoms with van der Waals surface area (Å²) in [5.74, 6) is 0.343. The smallest absolute Gasteiger partial charge is 0.191 e. The molecule has 1 saturated heterocycles. The van der Waals surface area contributed by atoms with Crippen LogP contribution in [0, 0.1) is 12.7 Å². The van der Waals surface area contributed by atoms with E-state index in [1.54, 1.807) is 23.0 Å². The number of hydrogen-bond donors (Lipinski definition) is 1. The van der Waals surface area contributed by atoms with Gasteiger partial charge in [0.2, 0.25) is 0 Å². The highest BCUT2D eigenvalue weighted by Crippen LogP contribution is 2.32. The lowest BCUT2D eigenvalue weighted by Crippen LogP contribution is -2.45. The molecule has 7 nitrogen and oxygen atoms in total. The van der Waals surface area contributed by atoms with Crippen LogP contribution in [0.1, 0.15) is 18.5 Å². The van der Waals surface area contributed by atoms with E-state index >= 15 is 4.39 Å². The fraction of sp³-hybridized carbons (Fsp3) is 0.304. The van der Waals surface area contributed by atoms with Crippen molar-refractivity contribution in [1.82, 2.24) is 29.9 Å². The Balaban J connectivity index is 1.70. The average molecular weight is 417 g/mol. The number of pyridine rings is 2. The SMILES string of the molecule is Cc1cc(-c2nc(-c3cnn4ccccc34)nc(N(C)[C@@H]3CCCNC3)c2F)ccn1. The summed E-state index contributed by atoms with van der Waals surface area (Å²) >= 11 is 0. The molecule has 0 radical (unpaired) electrons. The Morgan fingerprint density at radius 3 is 2.94 bits per heavy atom. The van der Waals surface area contributed by atoms with E-state index in [9.17, 15) is 0 Å². The van der Waals surface area contributed by atoms with Crippen molar-refractivity contribution in [2.75, 3.05) is 25.0 Å². The van der Waals surface area contributed by atoms with Crippen LogP contribution < -0.4 is 10.2 Å². The molecule has 1 aliphatic rings. The Bertz CT molecular complexity index is 1230. The molecule has 0 unspecified atom stereocenters. The van der Waals surface area contributed by atoms with Gasteiger partial charge in [-0.3, -0.25) is 4.98 Å². The van der Waals surface area contributed by atoms with E-state index in [-0.39, 0.29) is 11.7 Å². The number of nitrogens with one attached hydrogen (secondary N) is 1. The number of rotatable bonds is 4. The summed E-state index contributed by atoms with van der Waals surface area (Å²) in [6, 6.07) is 9.61. The van der Waals surface area contributed by atoms with Crippen LogP contribution in [0.4, 0.5) is 10.2 Å². The lowest BCUT2D eigenvalue weighted by Gasteiger charge is -2.33. The highest BCUT2D eigenvalue weighted by atomic mass is 19.1. The quantitative estimate of drug-likeness (QED) is 0.548. The van der Waals surface area contributed by atoms with Crippen LogP contribution in [0.5, 0.6) is 0 Å². The van der Waals surface area contributed by atoms with Crippen molar-refractivity contribution in [2.24, 2.45) is 0 Å². The minimum absolute atomic E-state index is 0.168. The molecule has 1 aliphatic heterocycles. The van der Waals surface area contributed by atoms with Crippen molar-refractivity contribution >= 4 is 11.3 Å². The average Bonchev–Trinajstić information content (AvgIpc) is 3.24. The zero-order valence-corrected chi connectivity index (χ0v) is 17.6. The maximum absolute atomic E-state index is 15.8. The van der Waals surface area contributed by atoms with E-state index in [1.807, 2.05) is 49.3 Å². The van der Waals surface area contributed by atoms with E-state index < -0.39 is 5.82 Å². The van der Waals surface area contributed by atoms with Crippen molar-refractivity contribution in [3.8, 4) is 22.6 Å². The van der Waals surface area contributed by atoms with Gasteiger partial charge in [-0.2, -0.15) is 5.10 Å². The summed E-state index contributed by atoms with van der Waals surface area (Å²) in [4.78, 5) is 15.5. The summed E-state index contributed by atoms with van der Waals surface area (Å²) in [5.41, 5.74) is 3.40. The van der Waals surface area contributed by atoms with Gasteiger partial charge in [-0.1, -0.05) is 6.07 Å². The largest absolute Gasteiger partial charge is 0.353 e. The summed E-state index contributed by atoms with van der Waals surface area (Å²) in [5, 5.41) is 7.80. The van der Waals surface area contributed by atoms with Gasteiger partial charge in [0.1, 0.15) is 5.69 Å². The molecule has 0 aromatic carbocycles. The van der Waals surface area contributed by atoms with E-state index in [0.717, 1.165) is 42.7 Å². The van der Waals surface area contributed by atoms with Gasteiger partial charge in [-0.15, -0.1) is 0 Å². The van der Waals surface area contributed by atoms with Crippen LogP contribution in [0.3, 0.4) is 0 Å². The van der Waals surface area contributed by atoms with Gasteiger partial charge in [0.25, 0.3) is 0 Å². The Kier molecular flexibility index (Phi) is 5.07. The third-order valence-corrected chi connectivity index (χ3v) is 5.82. The fourth-order valence-corrected chi connectivity index (χ4v) is 4.12. The third kappa shape index (κ3) is 3.63. The van der Waals surface area contributed by atoms with Crippen molar-refractivity contribution < 1.29 is 4.39 Å². The molecular weight excluding hydrogens is 393 g/mol. The van der Waals surface area contributed by atoms with Gasteiger partial charge >= 0.3 is 0 Å². The molecule has 31 heavy (non-hydrogen) atoms. The van der Waals surface area contributed by atoms with Crippen LogP contribution >= 0.6 is 0 Å². The predicted molar refractivity (Wildman–Crippen MR) is 118 cm³/mol. The van der Waals surface area contributed by atoms with Crippen molar-refractivity contribution in [3.63, 3.8) is 0 Å². The Morgan fingerprint density at radius 1 is 1.23 bits per heavy atom. The summed E-state index contributed by atoms with van der Waals surface area (Å²) in [6.07, 6.45) is 7.32. The lowest BCUT2D eigenvalue weighted by atomic mass is 10.1. The molecular formula is C23H24FN7. The van der Waals surface area contributed by atoms with Gasteiger partial charge in [-0.25, -0.2) is 18.9 Å². The van der Waals surface area contributed by atoms with Crippen molar-refractivity contribution in [3.05, 3.63) is 60.4 Å². The molecule has 0 spiro atoms. The fourth-order valence-electron chi connectivity index (χ4n) is 4.12. The number of aromatic nitrogens is 5. The number of piperidine rings is 1. The van der Waals surface area contributed by atoms with Gasteiger partial charge in [0, 0.05) is 43.3 Å². The standard InChI is InChI=1S/C23H24FN7/c1-15-12-16(8-10-26-15)21-20(24)23(30(2)17-6-5-9-25-13-17)29-22(28-21)18-14-27-31-11-4-3-7-19(18)31/h3-4,7-8,10-12,14,17,25H,5-6,9,13H2,1-2H3/t17-/m1/s1. The molecule has 158 valence electrons. The number of fused-ring (bicyclic) bond motifs is 1. The first-order valence-corrected chi connectivity index (χ1v) is 10.5. The van der Waals surface area contributed by atoms with Crippen molar-refractivity contribution in [1.29, 1.82) is 0 Å². The van der Waals surface area contributed by atoms with Gasteiger partial charge < -0.3 is 10.2 Å². The normalized spacial score (nSPS) is 16.5. The number of hydrogen-bond acceptors (Lipinski definition) is 6. The van der Waals surface area contributed by atoms with Crippen molar-refractivity contribution in [2.45, 2.75) is 25.8 Å². The zero-order chi connectivity index (χ0) is 21.4. The zero-order valence-electron chi connectivity index (χ0n) is 17.6. The van der Waals surface area contributed by atoms with Crippen LogP contribution in [-0.2, 0) is 0 Å². The van der Waals surface area contributed by atoms with E-state index in [4.69, 9.17) is 4.98 Å². The molecule has 1 fully saturated rings. The molecule has 5 rings (SSSR count). The maximum atomic E-state index is 15.8. The second-order valence-corrected chi connectivity index (χ2v) is 7.92. The van der Waals surface area contributed by atoms with E-state index in [2.05, 4.69) is 20.4 Å². The molecule has 8 heteroatoms. The number of anilines is 1. The van der Waals surface area contributed by atoms with Gasteiger partial charge in [-0.05, 0) is 50.6 Å². The Hall–Kier alpha value is -3.39. The minimum Gasteiger partial charge on any atom is -0.353 e. The molecule has 4 aromatic heterocycles. The monoisotopic (exact) mass is 417 g/mol. The molecule has 0 amide bonds. The molecule has 1 N–H and O–H groups in total. The molecule has 1 atom stereocenters. The molecule has 5 heterocycles. The van der Waals surface area contributed by atoms with Crippen LogP contribution in [-0.4, -0.2) is 50.7 Å². The Labute approximate surface area is 180 Å². The summed E-state index contributed by atoms with van der Waals surface area (Å²) in [6.45, 7) is 3.68. The molecule has 0 bridgehead atoms. The molecule has 0 aliphatic carbocycles. The highest BCUT2D eigenvalue weighted by Gasteiger charge is 2.26. The first kappa shape index (κ1) is 19.6. The number of likely N-dealkylation sites (N-methyl/N-ethyl adjacent to an activating group) is 1. The maximum Gasteiger partial charge on any atom is 0.191 e. The van der Waals surface area contributed by atoms with Crippen LogP contribution in [0.25, 0.3) is 28.2 Å². The number of aryl methyl sites for hydroxylation is 1. The topological polar surface area (TPSA) is 71.2 Å². The summed E-state index contributed by atoms with van der Waals surface area (Å²) < 4.78 is 17.6. The second kappa shape index (κ2) is 8.03. The number of halogens is 1. The Morgan fingerprint density at radius 2 is 2.13 bits per heavy atom. The number of nitrogens with zero attached hydrogens (tertiary/aromatic N) is 6. The van der Waals surface area contributed by atoms with E-state index in [0.29, 0.717) is 17.2 Å². The minimum atomic E-state index is -0.418. The first-order chi connectivity index (χ1) is 15.1. The first-order valence-electron chi connectivity index (χ1n) is 10.5. The van der Waals surface area contributed by atoms with Crippen LogP contribution in [0.15, 0.2) is 48.9 Å². The van der Waals surface area contributed by atoms with Gasteiger partial charge in [0.05, 0.1) is 17.3 Å². The molecule has 4 aromatic rings. The molecule has 0 saturated carbocycles. The third-order valence-electron chi connectivity index (χ3n) is 5.82. The highest BCUT2D eigenvalue weighted by molar-refractivity contribution is 5.78. The van der Waals surface area contributed by atoms with Gasteiger partial charge in [0.15, 0.2) is 17.5 Å². The summed E-state index contributed by atoms with van der Waals surface area (Å²) in [7, 11) is 1.91. The second-order valence-electron chi connectivity index (χ2n) is 7.92. The van der Waals surface area contributed by atoms with Crippen LogP contribution in [0.2, 0.25) is 0 Å². The van der Waals surface area contributed by atoms with E-state index in [1.165, 1.54) is 0 Å². The lowest BCUT2D eigenvalue weighted by molar-refractivity contribution is 0.439. The predicted octanol–water partition coefficient (Wildman–Crippen LogP) is 3.49.